The average molecular weight is 368 g/mol. The molecular weight excluding hydrogens is 354 g/mol. The van der Waals surface area contributed by atoms with Crippen molar-refractivity contribution in [1.82, 2.24) is 4.31 Å². The lowest BCUT2D eigenvalue weighted by Crippen LogP contribution is -2.33. The van der Waals surface area contributed by atoms with E-state index in [-0.39, 0.29) is 18.0 Å². The van der Waals surface area contributed by atoms with Crippen LogP contribution in [0.15, 0.2) is 59.5 Å². The largest absolute Gasteiger partial charge is 0.490 e. The molecule has 8 heteroatoms. The Balaban J connectivity index is 1.69. The molecule has 1 fully saturated rings. The molecule has 1 aliphatic heterocycles. The zero-order chi connectivity index (χ0) is 17.2. The van der Waals surface area contributed by atoms with Gasteiger partial charge in [0, 0.05) is 5.02 Å². The van der Waals surface area contributed by atoms with Crippen LogP contribution in [0.4, 0.5) is 4.79 Å². The van der Waals surface area contributed by atoms with E-state index in [1.807, 2.05) is 18.2 Å². The van der Waals surface area contributed by atoms with E-state index in [0.717, 1.165) is 0 Å². The lowest BCUT2D eigenvalue weighted by molar-refractivity contribution is 0.104. The maximum absolute atomic E-state index is 12.5. The number of carbonyl (C=O) groups excluding carboxylic acids is 1. The maximum atomic E-state index is 12.5. The van der Waals surface area contributed by atoms with E-state index in [2.05, 4.69) is 0 Å². The van der Waals surface area contributed by atoms with Crippen LogP contribution in [0.5, 0.6) is 5.75 Å². The highest BCUT2D eigenvalue weighted by Gasteiger charge is 2.40. The highest BCUT2D eigenvalue weighted by atomic mass is 35.5. The standard InChI is InChI=1S/C16H14ClNO5S/c17-12-6-8-15(9-7-12)24(20,21)18-10-14(23-16(18)19)11-22-13-4-2-1-3-5-13/h1-9,14H,10-11H2. The maximum Gasteiger partial charge on any atom is 0.424 e. The summed E-state index contributed by atoms with van der Waals surface area (Å²) >= 11 is 5.76. The van der Waals surface area contributed by atoms with Crippen molar-refractivity contribution in [3.8, 4) is 5.75 Å². The summed E-state index contributed by atoms with van der Waals surface area (Å²) < 4.78 is 36.3. The van der Waals surface area contributed by atoms with Crippen molar-refractivity contribution < 1.29 is 22.7 Å². The van der Waals surface area contributed by atoms with Crippen LogP contribution in [-0.2, 0) is 14.8 Å². The third-order valence-corrected chi connectivity index (χ3v) is 5.42. The smallest absolute Gasteiger partial charge is 0.424 e. The molecule has 0 saturated carbocycles. The number of halogens is 1. The van der Waals surface area contributed by atoms with Crippen LogP contribution < -0.4 is 4.74 Å². The number of cyclic esters (lactones) is 1. The first-order valence-electron chi connectivity index (χ1n) is 7.13. The second kappa shape index (κ2) is 6.70. The number of sulfonamides is 1. The van der Waals surface area contributed by atoms with Gasteiger partial charge in [-0.3, -0.25) is 0 Å². The lowest BCUT2D eigenvalue weighted by atomic mass is 10.3. The zero-order valence-electron chi connectivity index (χ0n) is 12.5. The van der Waals surface area contributed by atoms with E-state index in [4.69, 9.17) is 21.1 Å². The normalized spacial score (nSPS) is 17.6. The lowest BCUT2D eigenvalue weighted by Gasteiger charge is -2.14. The monoisotopic (exact) mass is 367 g/mol. The molecule has 24 heavy (non-hydrogen) atoms. The molecular formula is C16H14ClNO5S. The number of para-hydroxylation sites is 1. The van der Waals surface area contributed by atoms with Crippen LogP contribution >= 0.6 is 11.6 Å². The van der Waals surface area contributed by atoms with Gasteiger partial charge in [0.05, 0.1) is 11.4 Å². The molecule has 0 aliphatic carbocycles. The Morgan fingerprint density at radius 1 is 1.12 bits per heavy atom. The van der Waals surface area contributed by atoms with Crippen molar-refractivity contribution in [2.24, 2.45) is 0 Å². The number of rotatable bonds is 5. The van der Waals surface area contributed by atoms with Crippen molar-refractivity contribution in [2.75, 3.05) is 13.2 Å². The summed E-state index contributed by atoms with van der Waals surface area (Å²) in [5.41, 5.74) is 0. The molecule has 1 heterocycles. The summed E-state index contributed by atoms with van der Waals surface area (Å²) in [6.45, 7) is -0.0288. The molecule has 6 nitrogen and oxygen atoms in total. The summed E-state index contributed by atoms with van der Waals surface area (Å²) in [5.74, 6) is 0.618. The van der Waals surface area contributed by atoms with E-state index < -0.39 is 22.2 Å². The van der Waals surface area contributed by atoms with Gasteiger partial charge in [0.25, 0.3) is 10.0 Å². The fourth-order valence-electron chi connectivity index (χ4n) is 2.22. The Morgan fingerprint density at radius 3 is 2.46 bits per heavy atom. The average Bonchev–Trinajstić information content (AvgIpc) is 2.96. The van der Waals surface area contributed by atoms with Gasteiger partial charge < -0.3 is 9.47 Å². The Kier molecular flexibility index (Phi) is 4.64. The molecule has 1 saturated heterocycles. The second-order valence-electron chi connectivity index (χ2n) is 5.12. The van der Waals surface area contributed by atoms with E-state index in [1.54, 1.807) is 12.1 Å². The molecule has 1 unspecified atom stereocenters. The molecule has 1 aliphatic rings. The quantitative estimate of drug-likeness (QED) is 0.812. The zero-order valence-corrected chi connectivity index (χ0v) is 14.0. The summed E-state index contributed by atoms with van der Waals surface area (Å²) in [4.78, 5) is 11.9. The topological polar surface area (TPSA) is 72.9 Å². The van der Waals surface area contributed by atoms with Crippen molar-refractivity contribution in [2.45, 2.75) is 11.0 Å². The molecule has 126 valence electrons. The van der Waals surface area contributed by atoms with Crippen LogP contribution in [0.2, 0.25) is 5.02 Å². The van der Waals surface area contributed by atoms with Crippen LogP contribution in [0.1, 0.15) is 0 Å². The van der Waals surface area contributed by atoms with Gasteiger partial charge in [0.1, 0.15) is 12.4 Å². The van der Waals surface area contributed by atoms with E-state index in [1.165, 1.54) is 24.3 Å². The molecule has 2 aromatic carbocycles. The predicted octanol–water partition coefficient (Wildman–Crippen LogP) is 2.93. The highest BCUT2D eigenvalue weighted by molar-refractivity contribution is 7.89. The fourth-order valence-corrected chi connectivity index (χ4v) is 3.68. The predicted molar refractivity (Wildman–Crippen MR) is 87.5 cm³/mol. The van der Waals surface area contributed by atoms with Gasteiger partial charge in [-0.2, -0.15) is 4.31 Å². The van der Waals surface area contributed by atoms with Gasteiger partial charge in [0.2, 0.25) is 0 Å². The van der Waals surface area contributed by atoms with Crippen LogP contribution in [-0.4, -0.2) is 38.1 Å². The van der Waals surface area contributed by atoms with Gasteiger partial charge in [-0.05, 0) is 36.4 Å². The second-order valence-corrected chi connectivity index (χ2v) is 7.42. The summed E-state index contributed by atoms with van der Waals surface area (Å²) in [7, 11) is -3.98. The molecule has 0 bridgehead atoms. The molecule has 1 amide bonds. The van der Waals surface area contributed by atoms with Crippen molar-refractivity contribution >= 4 is 27.7 Å². The van der Waals surface area contributed by atoms with E-state index in [9.17, 15) is 13.2 Å². The van der Waals surface area contributed by atoms with Crippen molar-refractivity contribution in [3.63, 3.8) is 0 Å². The Labute approximate surface area is 144 Å². The minimum Gasteiger partial charge on any atom is -0.490 e. The minimum atomic E-state index is -3.98. The van der Waals surface area contributed by atoms with Crippen molar-refractivity contribution in [3.05, 3.63) is 59.6 Å². The number of amides is 1. The summed E-state index contributed by atoms with van der Waals surface area (Å²) in [6, 6.07) is 14.6. The first-order chi connectivity index (χ1) is 11.5. The summed E-state index contributed by atoms with van der Waals surface area (Å²) in [5, 5.41) is 0.409. The highest BCUT2D eigenvalue weighted by Crippen LogP contribution is 2.24. The number of nitrogens with zero attached hydrogens (tertiary/aromatic N) is 1. The summed E-state index contributed by atoms with van der Waals surface area (Å²) in [6.07, 6.45) is -1.58. The number of carbonyl (C=O) groups is 1. The first-order valence-corrected chi connectivity index (χ1v) is 8.95. The number of ether oxygens (including phenoxy) is 2. The van der Waals surface area contributed by atoms with Gasteiger partial charge in [-0.1, -0.05) is 29.8 Å². The number of hydrogen-bond donors (Lipinski definition) is 0. The third-order valence-electron chi connectivity index (χ3n) is 3.42. The van der Waals surface area contributed by atoms with Gasteiger partial charge in [-0.15, -0.1) is 0 Å². The minimum absolute atomic E-state index is 0.0199. The van der Waals surface area contributed by atoms with Crippen LogP contribution in [0.25, 0.3) is 0 Å². The van der Waals surface area contributed by atoms with Gasteiger partial charge in [0.15, 0.2) is 6.10 Å². The third kappa shape index (κ3) is 3.47. The molecule has 0 aromatic heterocycles. The van der Waals surface area contributed by atoms with Gasteiger partial charge >= 0.3 is 6.09 Å². The van der Waals surface area contributed by atoms with E-state index >= 15 is 0 Å². The molecule has 0 N–H and O–H groups in total. The number of benzene rings is 2. The first kappa shape index (κ1) is 16.6. The van der Waals surface area contributed by atoms with E-state index in [0.29, 0.717) is 15.1 Å². The SMILES string of the molecule is O=C1OC(COc2ccccc2)CN1S(=O)(=O)c1ccc(Cl)cc1. The molecule has 3 rings (SSSR count). The fraction of sp³-hybridized carbons (Fsp3) is 0.188. The van der Waals surface area contributed by atoms with Gasteiger partial charge in [-0.25, -0.2) is 13.2 Å². The molecule has 0 radical (unpaired) electrons. The van der Waals surface area contributed by atoms with Crippen molar-refractivity contribution in [1.29, 1.82) is 0 Å². The molecule has 2 aromatic rings. The van der Waals surface area contributed by atoms with Crippen LogP contribution in [0, 0.1) is 0 Å². The Bertz CT molecular complexity index is 823. The Morgan fingerprint density at radius 2 is 1.79 bits per heavy atom. The number of hydrogen-bond acceptors (Lipinski definition) is 5. The Hall–Kier alpha value is -2.25. The molecule has 0 spiro atoms. The molecule has 1 atom stereocenters. The van der Waals surface area contributed by atoms with Crippen LogP contribution in [0.3, 0.4) is 0 Å².